The summed E-state index contributed by atoms with van der Waals surface area (Å²) in [6.07, 6.45) is 0.721. The Labute approximate surface area is 185 Å². The molecule has 3 aromatic carbocycles. The number of esters is 2. The molecular weight excluding hydrogens is 408 g/mol. The SMILES string of the molecule is CCCOc1cccc(OC(=O)c2ccc(C#N)cc2)c1OC(=O)c1ccc(C#N)cc1. The highest BCUT2D eigenvalue weighted by Crippen LogP contribution is 2.38. The minimum Gasteiger partial charge on any atom is -0.490 e. The highest BCUT2D eigenvalue weighted by Gasteiger charge is 2.21. The second kappa shape index (κ2) is 10.4. The van der Waals surface area contributed by atoms with Gasteiger partial charge in [0.05, 0.1) is 41.0 Å². The molecule has 3 aromatic rings. The first kappa shape index (κ1) is 22.1. The summed E-state index contributed by atoms with van der Waals surface area (Å²) in [4.78, 5) is 25.3. The molecule has 7 nitrogen and oxygen atoms in total. The fourth-order valence-electron chi connectivity index (χ4n) is 2.67. The molecule has 158 valence electrons. The van der Waals surface area contributed by atoms with E-state index in [9.17, 15) is 9.59 Å². The predicted molar refractivity (Wildman–Crippen MR) is 114 cm³/mol. The van der Waals surface area contributed by atoms with Crippen LogP contribution in [-0.2, 0) is 0 Å². The molecule has 0 heterocycles. The van der Waals surface area contributed by atoms with Crippen LogP contribution < -0.4 is 14.2 Å². The Morgan fingerprint density at radius 1 is 0.750 bits per heavy atom. The number of hydrogen-bond donors (Lipinski definition) is 0. The Balaban J connectivity index is 1.89. The Morgan fingerprint density at radius 3 is 1.75 bits per heavy atom. The second-order valence-electron chi connectivity index (χ2n) is 6.59. The number of nitrogens with zero attached hydrogens (tertiary/aromatic N) is 2. The van der Waals surface area contributed by atoms with Crippen molar-refractivity contribution in [3.8, 4) is 29.4 Å². The van der Waals surface area contributed by atoms with E-state index in [1.807, 2.05) is 19.1 Å². The largest absolute Gasteiger partial charge is 0.490 e. The summed E-state index contributed by atoms with van der Waals surface area (Å²) in [6, 6.07) is 20.6. The van der Waals surface area contributed by atoms with Gasteiger partial charge in [0, 0.05) is 0 Å². The minimum atomic E-state index is -0.697. The molecule has 32 heavy (non-hydrogen) atoms. The van der Waals surface area contributed by atoms with Crippen molar-refractivity contribution in [2.24, 2.45) is 0 Å². The maximum Gasteiger partial charge on any atom is 0.343 e. The number of rotatable bonds is 7. The van der Waals surface area contributed by atoms with Crippen molar-refractivity contribution < 1.29 is 23.8 Å². The van der Waals surface area contributed by atoms with Crippen LogP contribution in [0.25, 0.3) is 0 Å². The topological polar surface area (TPSA) is 109 Å². The molecule has 0 aromatic heterocycles. The van der Waals surface area contributed by atoms with Crippen LogP contribution in [0.5, 0.6) is 17.2 Å². The van der Waals surface area contributed by atoms with Gasteiger partial charge < -0.3 is 14.2 Å². The van der Waals surface area contributed by atoms with Crippen LogP contribution in [0, 0.1) is 22.7 Å². The number of para-hydroxylation sites is 1. The van der Waals surface area contributed by atoms with E-state index in [-0.39, 0.29) is 28.4 Å². The molecule has 0 aliphatic rings. The molecule has 0 aliphatic carbocycles. The van der Waals surface area contributed by atoms with Crippen molar-refractivity contribution in [3.63, 3.8) is 0 Å². The number of ether oxygens (including phenoxy) is 3. The third kappa shape index (κ3) is 5.29. The van der Waals surface area contributed by atoms with E-state index in [2.05, 4.69) is 0 Å². The van der Waals surface area contributed by atoms with Gasteiger partial charge in [-0.25, -0.2) is 9.59 Å². The van der Waals surface area contributed by atoms with Gasteiger partial charge in [-0.2, -0.15) is 10.5 Å². The molecule has 0 fully saturated rings. The van der Waals surface area contributed by atoms with Gasteiger partial charge in [0.25, 0.3) is 0 Å². The fourth-order valence-corrected chi connectivity index (χ4v) is 2.67. The smallest absolute Gasteiger partial charge is 0.343 e. The molecule has 0 amide bonds. The Kier molecular flexibility index (Phi) is 7.19. The van der Waals surface area contributed by atoms with Crippen LogP contribution >= 0.6 is 0 Å². The molecule has 0 N–H and O–H groups in total. The summed E-state index contributed by atoms with van der Waals surface area (Å²) >= 11 is 0. The first-order valence-electron chi connectivity index (χ1n) is 9.76. The van der Waals surface area contributed by atoms with E-state index in [4.69, 9.17) is 24.7 Å². The Hall–Kier alpha value is -4.62. The van der Waals surface area contributed by atoms with Crippen molar-refractivity contribution in [2.45, 2.75) is 13.3 Å². The highest BCUT2D eigenvalue weighted by molar-refractivity contribution is 5.93. The van der Waals surface area contributed by atoms with Gasteiger partial charge in [-0.3, -0.25) is 0 Å². The number of carbonyl (C=O) groups excluding carboxylic acids is 2. The van der Waals surface area contributed by atoms with Gasteiger partial charge in [-0.1, -0.05) is 13.0 Å². The van der Waals surface area contributed by atoms with Crippen molar-refractivity contribution in [2.75, 3.05) is 6.61 Å². The van der Waals surface area contributed by atoms with Crippen LogP contribution in [0.2, 0.25) is 0 Å². The number of nitriles is 2. The molecule has 0 bridgehead atoms. The van der Waals surface area contributed by atoms with Gasteiger partial charge >= 0.3 is 11.9 Å². The molecular formula is C25H18N2O5. The molecule has 0 radical (unpaired) electrons. The van der Waals surface area contributed by atoms with Gasteiger partial charge in [0.2, 0.25) is 5.75 Å². The molecule has 0 unspecified atom stereocenters. The zero-order valence-electron chi connectivity index (χ0n) is 17.2. The lowest BCUT2D eigenvalue weighted by molar-refractivity contribution is 0.0677. The highest BCUT2D eigenvalue weighted by atomic mass is 16.6. The maximum atomic E-state index is 12.7. The van der Waals surface area contributed by atoms with Gasteiger partial charge in [0.15, 0.2) is 11.5 Å². The van der Waals surface area contributed by atoms with E-state index in [0.29, 0.717) is 17.7 Å². The Morgan fingerprint density at radius 2 is 1.25 bits per heavy atom. The second-order valence-corrected chi connectivity index (χ2v) is 6.59. The first-order valence-corrected chi connectivity index (χ1v) is 9.76. The van der Waals surface area contributed by atoms with E-state index in [0.717, 1.165) is 6.42 Å². The lowest BCUT2D eigenvalue weighted by Gasteiger charge is -2.15. The predicted octanol–water partition coefficient (Wildman–Crippen LogP) is 4.66. The average molecular weight is 426 g/mol. The third-order valence-electron chi connectivity index (χ3n) is 4.30. The van der Waals surface area contributed by atoms with E-state index >= 15 is 0 Å². The van der Waals surface area contributed by atoms with Crippen molar-refractivity contribution in [3.05, 3.63) is 89.0 Å². The number of hydrogen-bond acceptors (Lipinski definition) is 7. The van der Waals surface area contributed by atoms with Crippen LogP contribution in [0.15, 0.2) is 66.7 Å². The lowest BCUT2D eigenvalue weighted by Crippen LogP contribution is -2.13. The van der Waals surface area contributed by atoms with Crippen LogP contribution in [0.3, 0.4) is 0 Å². The van der Waals surface area contributed by atoms with Crippen molar-refractivity contribution in [1.29, 1.82) is 10.5 Å². The number of benzene rings is 3. The maximum absolute atomic E-state index is 12.7. The summed E-state index contributed by atoms with van der Waals surface area (Å²) in [5.74, 6) is -1.15. The van der Waals surface area contributed by atoms with Crippen LogP contribution in [0.4, 0.5) is 0 Å². The standard InChI is InChI=1S/C25H18N2O5/c1-2-14-30-21-4-3-5-22(31-24(28)19-10-6-17(15-26)7-11-19)23(21)32-25(29)20-12-8-18(16-27)9-13-20/h3-13H,2,14H2,1H3. The molecule has 0 spiro atoms. The zero-order valence-corrected chi connectivity index (χ0v) is 17.2. The zero-order chi connectivity index (χ0) is 22.9. The van der Waals surface area contributed by atoms with E-state index < -0.39 is 11.9 Å². The third-order valence-corrected chi connectivity index (χ3v) is 4.30. The van der Waals surface area contributed by atoms with Crippen LogP contribution in [-0.4, -0.2) is 18.5 Å². The van der Waals surface area contributed by atoms with Gasteiger partial charge in [0.1, 0.15) is 0 Å². The molecule has 0 atom stereocenters. The van der Waals surface area contributed by atoms with Crippen molar-refractivity contribution in [1.82, 2.24) is 0 Å². The molecule has 0 saturated heterocycles. The molecule has 3 rings (SSSR count). The summed E-state index contributed by atoms with van der Waals surface area (Å²) in [7, 11) is 0. The minimum absolute atomic E-state index is 0.00922. The van der Waals surface area contributed by atoms with Crippen LogP contribution in [0.1, 0.15) is 45.2 Å². The summed E-state index contributed by atoms with van der Waals surface area (Å²) in [6.45, 7) is 2.30. The molecule has 7 heteroatoms. The van der Waals surface area contributed by atoms with E-state index in [1.54, 1.807) is 12.1 Å². The Bertz CT molecular complexity index is 1200. The quantitative estimate of drug-likeness (QED) is 0.399. The summed E-state index contributed by atoms with van der Waals surface area (Å²) < 4.78 is 16.7. The fraction of sp³-hybridized carbons (Fsp3) is 0.120. The van der Waals surface area contributed by atoms with E-state index in [1.165, 1.54) is 54.6 Å². The summed E-state index contributed by atoms with van der Waals surface area (Å²) in [5.41, 5.74) is 1.27. The summed E-state index contributed by atoms with van der Waals surface area (Å²) in [5, 5.41) is 17.8. The molecule has 0 saturated carbocycles. The molecule has 0 aliphatic heterocycles. The van der Waals surface area contributed by atoms with Crippen molar-refractivity contribution >= 4 is 11.9 Å². The lowest BCUT2D eigenvalue weighted by atomic mass is 10.1. The first-order chi connectivity index (χ1) is 15.5. The van der Waals surface area contributed by atoms with Gasteiger partial charge in [-0.15, -0.1) is 0 Å². The average Bonchev–Trinajstić information content (AvgIpc) is 2.84. The van der Waals surface area contributed by atoms with Gasteiger partial charge in [-0.05, 0) is 67.1 Å². The normalized spacial score (nSPS) is 9.84. The monoisotopic (exact) mass is 426 g/mol. The number of carbonyl (C=O) groups is 2.